The second-order valence-electron chi connectivity index (χ2n) is 7.02. The van der Waals surface area contributed by atoms with Gasteiger partial charge in [0.1, 0.15) is 5.82 Å². The molecule has 0 aliphatic rings. The van der Waals surface area contributed by atoms with Gasteiger partial charge in [-0.05, 0) is 54.0 Å². The third-order valence-corrected chi connectivity index (χ3v) is 5.68. The predicted octanol–water partition coefficient (Wildman–Crippen LogP) is 3.13. The van der Waals surface area contributed by atoms with E-state index < -0.39 is 5.91 Å². The summed E-state index contributed by atoms with van der Waals surface area (Å²) in [5, 5.41) is 19.4. The number of nitrogens with two attached hydrogens (primary N) is 1. The molecule has 33 heavy (non-hydrogen) atoms. The first-order valence-corrected chi connectivity index (χ1v) is 10.7. The number of nitrogens with zero attached hydrogens (tertiary/aromatic N) is 6. The van der Waals surface area contributed by atoms with Crippen molar-refractivity contribution in [2.75, 3.05) is 5.73 Å². The van der Waals surface area contributed by atoms with Crippen molar-refractivity contribution in [3.63, 3.8) is 0 Å². The summed E-state index contributed by atoms with van der Waals surface area (Å²) in [5.41, 5.74) is 11.1. The number of aryl methyl sites for hydroxylation is 1. The third-order valence-electron chi connectivity index (χ3n) is 4.66. The monoisotopic (exact) mass is 466 g/mol. The van der Waals surface area contributed by atoms with E-state index in [9.17, 15) is 9.18 Å². The fourth-order valence-electron chi connectivity index (χ4n) is 2.84. The second kappa shape index (κ2) is 9.61. The van der Waals surface area contributed by atoms with Crippen molar-refractivity contribution in [3.8, 4) is 5.82 Å². The third kappa shape index (κ3) is 5.06. The number of thioether (sulfide) groups is 1. The first-order valence-electron chi connectivity index (χ1n) is 9.75. The number of nitrogens with one attached hydrogen (secondary N) is 1. The molecular formula is C21H19FN8O2S. The van der Waals surface area contributed by atoms with Crippen molar-refractivity contribution >= 4 is 29.2 Å². The molecule has 2 aromatic carbocycles. The molecule has 0 atom stereocenters. The number of carbonyl (C=O) groups is 1. The van der Waals surface area contributed by atoms with E-state index in [1.807, 2.05) is 31.2 Å². The summed E-state index contributed by atoms with van der Waals surface area (Å²) in [7, 11) is 0. The Morgan fingerprint density at radius 3 is 2.58 bits per heavy atom. The van der Waals surface area contributed by atoms with Gasteiger partial charge in [-0.3, -0.25) is 4.79 Å². The summed E-state index contributed by atoms with van der Waals surface area (Å²) >= 11 is 1.49. The lowest BCUT2D eigenvalue weighted by Crippen LogP contribution is -2.21. The van der Waals surface area contributed by atoms with Crippen LogP contribution in [0.2, 0.25) is 0 Å². The maximum absolute atomic E-state index is 13.1. The number of amides is 1. The number of hydrogen-bond donors (Lipinski definition) is 2. The normalized spacial score (nSPS) is 11.5. The first kappa shape index (κ1) is 22.1. The molecule has 0 aliphatic heterocycles. The molecule has 0 spiro atoms. The molecule has 2 aromatic heterocycles. The zero-order valence-corrected chi connectivity index (χ0v) is 18.5. The van der Waals surface area contributed by atoms with Gasteiger partial charge in [0, 0.05) is 10.6 Å². The SMILES string of the molecule is C/C(=N\NC(=O)c1nnn(-c2nonc2N)c1CSc1ccc(C)cc1)c1ccc(F)cc1. The predicted molar refractivity (Wildman–Crippen MR) is 120 cm³/mol. The molecule has 0 aliphatic carbocycles. The zero-order valence-electron chi connectivity index (χ0n) is 17.7. The van der Waals surface area contributed by atoms with E-state index in [1.165, 1.54) is 28.6 Å². The van der Waals surface area contributed by atoms with Crippen LogP contribution >= 0.6 is 11.8 Å². The first-order chi connectivity index (χ1) is 15.9. The molecule has 0 unspecified atom stereocenters. The number of benzene rings is 2. The smallest absolute Gasteiger partial charge is 0.293 e. The van der Waals surface area contributed by atoms with Crippen molar-refractivity contribution in [1.82, 2.24) is 30.7 Å². The van der Waals surface area contributed by atoms with Gasteiger partial charge in [-0.1, -0.05) is 35.0 Å². The highest BCUT2D eigenvalue weighted by molar-refractivity contribution is 7.98. The van der Waals surface area contributed by atoms with Gasteiger partial charge < -0.3 is 5.73 Å². The molecule has 0 fully saturated rings. The number of anilines is 1. The molecule has 168 valence electrons. The fourth-order valence-corrected chi connectivity index (χ4v) is 3.74. The molecule has 3 N–H and O–H groups in total. The maximum Gasteiger partial charge on any atom is 0.293 e. The van der Waals surface area contributed by atoms with Gasteiger partial charge in [-0.15, -0.1) is 16.9 Å². The van der Waals surface area contributed by atoms with Crippen molar-refractivity contribution in [2.45, 2.75) is 24.5 Å². The van der Waals surface area contributed by atoms with E-state index >= 15 is 0 Å². The minimum atomic E-state index is -0.572. The van der Waals surface area contributed by atoms with E-state index in [0.29, 0.717) is 22.7 Å². The van der Waals surface area contributed by atoms with Crippen LogP contribution in [-0.2, 0) is 5.75 Å². The quantitative estimate of drug-likeness (QED) is 0.241. The summed E-state index contributed by atoms with van der Waals surface area (Å²) in [6.07, 6.45) is 0. The Morgan fingerprint density at radius 1 is 1.18 bits per heavy atom. The molecule has 0 bridgehead atoms. The lowest BCUT2D eigenvalue weighted by atomic mass is 10.1. The largest absolute Gasteiger partial charge is 0.378 e. The molecule has 2 heterocycles. The Balaban J connectivity index is 1.59. The van der Waals surface area contributed by atoms with Crippen molar-refractivity contribution in [3.05, 3.63) is 76.9 Å². The fraction of sp³-hybridized carbons (Fsp3) is 0.143. The average Bonchev–Trinajstić information content (AvgIpc) is 3.43. The molecule has 4 rings (SSSR count). The van der Waals surface area contributed by atoms with Crippen LogP contribution in [0.5, 0.6) is 0 Å². The lowest BCUT2D eigenvalue weighted by molar-refractivity contribution is 0.0949. The van der Waals surface area contributed by atoms with E-state index in [0.717, 1.165) is 10.5 Å². The van der Waals surface area contributed by atoms with Crippen LogP contribution in [0.25, 0.3) is 5.82 Å². The summed E-state index contributed by atoms with van der Waals surface area (Å²) in [4.78, 5) is 13.9. The van der Waals surface area contributed by atoms with Gasteiger partial charge in [0.25, 0.3) is 5.91 Å². The zero-order chi connectivity index (χ0) is 23.4. The maximum atomic E-state index is 13.1. The Kier molecular flexibility index (Phi) is 6.45. The van der Waals surface area contributed by atoms with E-state index in [1.54, 1.807) is 19.1 Å². The Labute approximate surface area is 192 Å². The summed E-state index contributed by atoms with van der Waals surface area (Å²) < 4.78 is 19.1. The Bertz CT molecular complexity index is 1300. The van der Waals surface area contributed by atoms with E-state index in [2.05, 4.69) is 35.8 Å². The molecular weight excluding hydrogens is 447 g/mol. The van der Waals surface area contributed by atoms with Crippen molar-refractivity contribution < 1.29 is 13.8 Å². The number of carbonyl (C=O) groups excluding carboxylic acids is 1. The highest BCUT2D eigenvalue weighted by Gasteiger charge is 2.24. The molecule has 0 saturated heterocycles. The number of hydrazone groups is 1. The van der Waals surface area contributed by atoms with E-state index in [4.69, 9.17) is 5.73 Å². The molecule has 0 radical (unpaired) electrons. The van der Waals surface area contributed by atoms with Gasteiger partial charge in [-0.25, -0.2) is 14.4 Å². The minimum Gasteiger partial charge on any atom is -0.378 e. The standard InChI is InChI=1S/C21H19FN8O2S/c1-12-3-9-16(10-4-12)33-11-17-18(25-29-30(17)20-19(23)27-32-28-20)21(31)26-24-13(2)14-5-7-15(22)8-6-14/h3-10H,11H2,1-2H3,(H2,23,27)(H,26,31)/b24-13+. The summed E-state index contributed by atoms with van der Waals surface area (Å²) in [6, 6.07) is 13.7. The van der Waals surface area contributed by atoms with Crippen LogP contribution in [0.4, 0.5) is 10.2 Å². The van der Waals surface area contributed by atoms with Crippen LogP contribution in [0.15, 0.2) is 63.2 Å². The molecule has 1 amide bonds. The summed E-state index contributed by atoms with van der Waals surface area (Å²) in [6.45, 7) is 3.70. The number of nitrogen functional groups attached to an aromatic ring is 1. The molecule has 10 nitrogen and oxygen atoms in total. The van der Waals surface area contributed by atoms with E-state index in [-0.39, 0.29) is 23.1 Å². The topological polar surface area (TPSA) is 137 Å². The van der Waals surface area contributed by atoms with Crippen LogP contribution in [0.3, 0.4) is 0 Å². The molecule has 0 saturated carbocycles. The Hall–Kier alpha value is -4.06. The average molecular weight is 467 g/mol. The highest BCUT2D eigenvalue weighted by atomic mass is 32.2. The van der Waals surface area contributed by atoms with Gasteiger partial charge in [0.05, 0.1) is 11.4 Å². The van der Waals surface area contributed by atoms with Gasteiger partial charge in [-0.2, -0.15) is 9.78 Å². The van der Waals surface area contributed by atoms with Gasteiger partial charge in [0.2, 0.25) is 11.6 Å². The van der Waals surface area contributed by atoms with Crippen LogP contribution in [0, 0.1) is 12.7 Å². The van der Waals surface area contributed by atoms with Crippen LogP contribution in [-0.4, -0.2) is 36.9 Å². The van der Waals surface area contributed by atoms with Crippen LogP contribution < -0.4 is 11.2 Å². The number of aromatic nitrogens is 5. The van der Waals surface area contributed by atoms with Crippen molar-refractivity contribution in [1.29, 1.82) is 0 Å². The van der Waals surface area contributed by atoms with Crippen molar-refractivity contribution in [2.24, 2.45) is 5.10 Å². The number of hydrogen-bond acceptors (Lipinski definition) is 9. The minimum absolute atomic E-state index is 0.0126. The summed E-state index contributed by atoms with van der Waals surface area (Å²) in [5.74, 6) is -0.446. The van der Waals surface area contributed by atoms with Crippen LogP contribution in [0.1, 0.15) is 34.2 Å². The lowest BCUT2D eigenvalue weighted by Gasteiger charge is -2.06. The molecule has 4 aromatic rings. The molecule has 12 heteroatoms. The highest BCUT2D eigenvalue weighted by Crippen LogP contribution is 2.26. The Morgan fingerprint density at radius 2 is 1.91 bits per heavy atom. The number of halogens is 1. The van der Waals surface area contributed by atoms with Gasteiger partial charge in [0.15, 0.2) is 5.69 Å². The van der Waals surface area contributed by atoms with Gasteiger partial charge >= 0.3 is 0 Å². The number of rotatable bonds is 7. The second-order valence-corrected chi connectivity index (χ2v) is 8.07.